The van der Waals surface area contributed by atoms with Crippen molar-refractivity contribution >= 4 is 0 Å². The highest BCUT2D eigenvalue weighted by Gasteiger charge is 2.15. The number of hydrogen-bond donors (Lipinski definition) is 0. The number of benzene rings is 3. The molecule has 0 aliphatic carbocycles. The molecular weight excluding hydrogens is 342 g/mol. The number of nitrogens with zero attached hydrogens (tertiary/aromatic N) is 1. The molecule has 1 heterocycles. The van der Waals surface area contributed by atoms with Crippen LogP contribution in [0.2, 0.25) is 0 Å². The van der Waals surface area contributed by atoms with Crippen molar-refractivity contribution in [3.8, 4) is 5.75 Å². The Labute approximate surface area is 168 Å². The topological polar surface area (TPSA) is 12.5 Å². The second-order valence-electron chi connectivity index (χ2n) is 7.73. The van der Waals surface area contributed by atoms with Crippen LogP contribution in [0.25, 0.3) is 0 Å². The minimum atomic E-state index is 0.616. The van der Waals surface area contributed by atoms with E-state index in [0.717, 1.165) is 38.2 Å². The summed E-state index contributed by atoms with van der Waals surface area (Å²) in [6, 6.07) is 26.2. The maximum absolute atomic E-state index is 5.94. The molecule has 1 aliphatic rings. The first kappa shape index (κ1) is 18.8. The lowest BCUT2D eigenvalue weighted by molar-refractivity contribution is 0.245. The lowest BCUT2D eigenvalue weighted by atomic mass is 9.99. The van der Waals surface area contributed by atoms with E-state index in [1.54, 1.807) is 0 Å². The van der Waals surface area contributed by atoms with E-state index in [4.69, 9.17) is 4.74 Å². The van der Waals surface area contributed by atoms with Gasteiger partial charge in [-0.05, 0) is 52.8 Å². The monoisotopic (exact) mass is 371 g/mol. The first-order chi connectivity index (χ1) is 13.8. The summed E-state index contributed by atoms with van der Waals surface area (Å²) in [4.78, 5) is 2.53. The van der Waals surface area contributed by atoms with Crippen LogP contribution in [0.3, 0.4) is 0 Å². The third kappa shape index (κ3) is 4.82. The molecule has 28 heavy (non-hydrogen) atoms. The maximum atomic E-state index is 5.94. The van der Waals surface area contributed by atoms with Crippen molar-refractivity contribution in [3.63, 3.8) is 0 Å². The largest absolute Gasteiger partial charge is 0.489 e. The normalized spacial score (nSPS) is 13.9. The molecule has 3 aromatic rings. The van der Waals surface area contributed by atoms with Crippen LogP contribution in [0.15, 0.2) is 72.8 Å². The van der Waals surface area contributed by atoms with Gasteiger partial charge in [-0.15, -0.1) is 0 Å². The lowest BCUT2D eigenvalue weighted by Crippen LogP contribution is -2.29. The fraction of sp³-hybridized carbons (Fsp3) is 0.308. The van der Waals surface area contributed by atoms with E-state index in [0.29, 0.717) is 6.61 Å². The van der Waals surface area contributed by atoms with E-state index in [-0.39, 0.29) is 0 Å². The standard InChI is InChI=1S/C26H29NO/c1-2-5-21-12-14-26(15-13-21)28-20-23-10-8-22(9-11-23)18-27-17-16-24-6-3-4-7-25(24)19-27/h3-4,6-15H,2,5,16-20H2,1H3. The summed E-state index contributed by atoms with van der Waals surface area (Å²) in [5, 5.41) is 0. The Kier molecular flexibility index (Phi) is 6.08. The second kappa shape index (κ2) is 9.07. The van der Waals surface area contributed by atoms with Crippen LogP contribution in [0, 0.1) is 0 Å². The molecule has 2 nitrogen and oxygen atoms in total. The van der Waals surface area contributed by atoms with Gasteiger partial charge in [0.1, 0.15) is 12.4 Å². The predicted molar refractivity (Wildman–Crippen MR) is 115 cm³/mol. The number of rotatable bonds is 7. The van der Waals surface area contributed by atoms with Gasteiger partial charge in [-0.2, -0.15) is 0 Å². The van der Waals surface area contributed by atoms with Crippen molar-refractivity contribution in [2.45, 2.75) is 45.9 Å². The molecule has 144 valence electrons. The first-order valence-corrected chi connectivity index (χ1v) is 10.4. The number of fused-ring (bicyclic) bond motifs is 1. The third-order valence-corrected chi connectivity index (χ3v) is 5.51. The van der Waals surface area contributed by atoms with Crippen molar-refractivity contribution in [2.24, 2.45) is 0 Å². The zero-order valence-corrected chi connectivity index (χ0v) is 16.7. The van der Waals surface area contributed by atoms with Gasteiger partial charge < -0.3 is 4.74 Å². The van der Waals surface area contributed by atoms with Gasteiger partial charge in [-0.3, -0.25) is 4.90 Å². The van der Waals surface area contributed by atoms with E-state index in [1.165, 1.54) is 34.2 Å². The van der Waals surface area contributed by atoms with Crippen LogP contribution in [0.4, 0.5) is 0 Å². The summed E-state index contributed by atoms with van der Waals surface area (Å²) in [6.45, 7) is 6.02. The molecule has 0 atom stereocenters. The fourth-order valence-electron chi connectivity index (χ4n) is 3.90. The summed E-state index contributed by atoms with van der Waals surface area (Å²) < 4.78 is 5.94. The molecule has 4 rings (SSSR count). The molecule has 1 aliphatic heterocycles. The highest BCUT2D eigenvalue weighted by Crippen LogP contribution is 2.21. The average Bonchev–Trinajstić information content (AvgIpc) is 2.74. The maximum Gasteiger partial charge on any atom is 0.119 e. The van der Waals surface area contributed by atoms with Crippen LogP contribution in [-0.4, -0.2) is 11.4 Å². The number of ether oxygens (including phenoxy) is 1. The Hall–Kier alpha value is -2.58. The van der Waals surface area contributed by atoms with E-state index >= 15 is 0 Å². The smallest absolute Gasteiger partial charge is 0.119 e. The van der Waals surface area contributed by atoms with Crippen molar-refractivity contribution in [2.75, 3.05) is 6.54 Å². The van der Waals surface area contributed by atoms with Gasteiger partial charge in [0.05, 0.1) is 0 Å². The van der Waals surface area contributed by atoms with Gasteiger partial charge >= 0.3 is 0 Å². The lowest BCUT2D eigenvalue weighted by Gasteiger charge is -2.28. The van der Waals surface area contributed by atoms with Crippen LogP contribution < -0.4 is 4.74 Å². The van der Waals surface area contributed by atoms with E-state index in [9.17, 15) is 0 Å². The predicted octanol–water partition coefficient (Wildman–Crippen LogP) is 5.78. The molecule has 0 unspecified atom stereocenters. The Balaban J connectivity index is 1.29. The summed E-state index contributed by atoms with van der Waals surface area (Å²) in [7, 11) is 0. The van der Waals surface area contributed by atoms with Crippen LogP contribution >= 0.6 is 0 Å². The highest BCUT2D eigenvalue weighted by molar-refractivity contribution is 5.30. The molecule has 0 saturated heterocycles. The van der Waals surface area contributed by atoms with Gasteiger partial charge in [0.2, 0.25) is 0 Å². The summed E-state index contributed by atoms with van der Waals surface area (Å²) in [5.74, 6) is 0.941. The Morgan fingerprint density at radius 3 is 2.21 bits per heavy atom. The number of aryl methyl sites for hydroxylation is 1. The summed E-state index contributed by atoms with van der Waals surface area (Å²) in [6.07, 6.45) is 3.46. The molecule has 0 fully saturated rings. The van der Waals surface area contributed by atoms with Gasteiger partial charge in [-0.25, -0.2) is 0 Å². The Bertz CT molecular complexity index is 883. The molecule has 3 aromatic carbocycles. The van der Waals surface area contributed by atoms with Gasteiger partial charge in [0, 0.05) is 19.6 Å². The Morgan fingerprint density at radius 1 is 0.786 bits per heavy atom. The van der Waals surface area contributed by atoms with Gasteiger partial charge in [-0.1, -0.05) is 74.0 Å². The van der Waals surface area contributed by atoms with Crippen molar-refractivity contribution in [1.82, 2.24) is 4.90 Å². The van der Waals surface area contributed by atoms with Crippen molar-refractivity contribution in [1.29, 1.82) is 0 Å². The second-order valence-corrected chi connectivity index (χ2v) is 7.73. The SMILES string of the molecule is CCCc1ccc(OCc2ccc(CN3CCc4ccccc4C3)cc2)cc1. The summed E-state index contributed by atoms with van der Waals surface area (Å²) in [5.41, 5.74) is 6.94. The minimum Gasteiger partial charge on any atom is -0.489 e. The Morgan fingerprint density at radius 2 is 1.46 bits per heavy atom. The van der Waals surface area contributed by atoms with Crippen molar-refractivity contribution < 1.29 is 4.74 Å². The highest BCUT2D eigenvalue weighted by atomic mass is 16.5. The molecule has 0 bridgehead atoms. The zero-order valence-electron chi connectivity index (χ0n) is 16.7. The molecule has 0 saturated carbocycles. The third-order valence-electron chi connectivity index (χ3n) is 5.51. The van der Waals surface area contributed by atoms with Crippen LogP contribution in [0.1, 0.15) is 41.2 Å². The molecule has 2 heteroatoms. The summed E-state index contributed by atoms with van der Waals surface area (Å²) >= 11 is 0. The average molecular weight is 372 g/mol. The zero-order chi connectivity index (χ0) is 19.2. The molecule has 0 spiro atoms. The number of hydrogen-bond acceptors (Lipinski definition) is 2. The molecule has 0 amide bonds. The van der Waals surface area contributed by atoms with E-state index in [1.807, 2.05) is 0 Å². The minimum absolute atomic E-state index is 0.616. The van der Waals surface area contributed by atoms with E-state index in [2.05, 4.69) is 84.6 Å². The van der Waals surface area contributed by atoms with Crippen LogP contribution in [-0.2, 0) is 32.5 Å². The first-order valence-electron chi connectivity index (χ1n) is 10.4. The molecule has 0 aromatic heterocycles. The molecule has 0 radical (unpaired) electrons. The van der Waals surface area contributed by atoms with Crippen LogP contribution in [0.5, 0.6) is 5.75 Å². The quantitative estimate of drug-likeness (QED) is 0.522. The fourth-order valence-corrected chi connectivity index (χ4v) is 3.90. The van der Waals surface area contributed by atoms with E-state index < -0.39 is 0 Å². The van der Waals surface area contributed by atoms with Gasteiger partial charge in [0.15, 0.2) is 0 Å². The molecule has 0 N–H and O–H groups in total. The van der Waals surface area contributed by atoms with Gasteiger partial charge in [0.25, 0.3) is 0 Å². The molecular formula is C26H29NO. The van der Waals surface area contributed by atoms with Crippen molar-refractivity contribution in [3.05, 3.63) is 101 Å².